The second-order valence-electron chi connectivity index (χ2n) is 5.31. The van der Waals surface area contributed by atoms with Gasteiger partial charge in [-0.1, -0.05) is 37.3 Å². The van der Waals surface area contributed by atoms with Gasteiger partial charge >= 0.3 is 0 Å². The quantitative estimate of drug-likeness (QED) is 0.760. The number of aromatic amines is 1. The molecule has 116 valence electrons. The summed E-state index contributed by atoms with van der Waals surface area (Å²) in [7, 11) is 0. The number of nitrogens with one attached hydrogen (secondary N) is 2. The smallest absolute Gasteiger partial charge is 0.261 e. The number of H-pyrrole nitrogens is 1. The summed E-state index contributed by atoms with van der Waals surface area (Å²) in [5.41, 5.74) is 1.25. The van der Waals surface area contributed by atoms with Gasteiger partial charge in [0.25, 0.3) is 11.5 Å². The van der Waals surface area contributed by atoms with Crippen molar-refractivity contribution in [2.75, 3.05) is 13.2 Å². The van der Waals surface area contributed by atoms with Crippen molar-refractivity contribution in [1.82, 2.24) is 10.3 Å². The first kappa shape index (κ1) is 16.0. The van der Waals surface area contributed by atoms with E-state index in [4.69, 9.17) is 5.11 Å². The van der Waals surface area contributed by atoms with Crippen LogP contribution in [0.4, 0.5) is 0 Å². The lowest BCUT2D eigenvalue weighted by Crippen LogP contribution is -2.32. The van der Waals surface area contributed by atoms with Crippen LogP contribution in [-0.4, -0.2) is 29.1 Å². The standard InChI is InChI=1S/C17H20N2O3/c1-12(9-10-20)11-18-16(21)14-7-8-15(19-17(14)22)13-5-3-2-4-6-13/h2-8,12,20H,9-11H2,1H3,(H,18,21)(H,19,22). The lowest BCUT2D eigenvalue weighted by atomic mass is 10.1. The van der Waals surface area contributed by atoms with Crippen LogP contribution in [-0.2, 0) is 0 Å². The molecule has 1 aromatic heterocycles. The van der Waals surface area contributed by atoms with Crippen LogP contribution in [0.1, 0.15) is 23.7 Å². The first-order valence-corrected chi connectivity index (χ1v) is 7.29. The molecular weight excluding hydrogens is 280 g/mol. The number of aliphatic hydroxyl groups is 1. The van der Waals surface area contributed by atoms with Gasteiger partial charge in [-0.3, -0.25) is 9.59 Å². The maximum Gasteiger partial charge on any atom is 0.261 e. The number of carbonyl (C=O) groups excluding carboxylic acids is 1. The number of carbonyl (C=O) groups is 1. The molecule has 1 unspecified atom stereocenters. The highest BCUT2D eigenvalue weighted by atomic mass is 16.3. The second-order valence-corrected chi connectivity index (χ2v) is 5.31. The normalized spacial score (nSPS) is 11.9. The summed E-state index contributed by atoms with van der Waals surface area (Å²) in [5.74, 6) is -0.234. The van der Waals surface area contributed by atoms with Crippen LogP contribution < -0.4 is 10.9 Å². The molecule has 0 saturated heterocycles. The van der Waals surface area contributed by atoms with E-state index < -0.39 is 11.5 Å². The number of pyridine rings is 1. The molecule has 0 spiro atoms. The first-order chi connectivity index (χ1) is 10.6. The maximum atomic E-state index is 12.1. The van der Waals surface area contributed by atoms with Crippen LogP contribution in [0.2, 0.25) is 0 Å². The molecule has 0 radical (unpaired) electrons. The van der Waals surface area contributed by atoms with Crippen molar-refractivity contribution < 1.29 is 9.90 Å². The molecule has 1 amide bonds. The summed E-state index contributed by atoms with van der Waals surface area (Å²) in [5, 5.41) is 11.5. The minimum absolute atomic E-state index is 0.0867. The van der Waals surface area contributed by atoms with E-state index in [0.717, 1.165) is 5.56 Å². The number of aromatic nitrogens is 1. The second kappa shape index (κ2) is 7.56. The molecule has 22 heavy (non-hydrogen) atoms. The van der Waals surface area contributed by atoms with E-state index in [1.54, 1.807) is 6.07 Å². The fourth-order valence-electron chi connectivity index (χ4n) is 2.12. The third kappa shape index (κ3) is 4.05. The zero-order valence-corrected chi connectivity index (χ0v) is 12.5. The fourth-order valence-corrected chi connectivity index (χ4v) is 2.12. The summed E-state index contributed by atoms with van der Waals surface area (Å²) in [6.07, 6.45) is 0.615. The molecule has 0 bridgehead atoms. The van der Waals surface area contributed by atoms with Crippen molar-refractivity contribution in [3.63, 3.8) is 0 Å². The molecule has 3 N–H and O–H groups in total. The zero-order chi connectivity index (χ0) is 15.9. The van der Waals surface area contributed by atoms with Crippen LogP contribution in [0.25, 0.3) is 11.3 Å². The Morgan fingerprint density at radius 2 is 1.95 bits per heavy atom. The largest absolute Gasteiger partial charge is 0.396 e. The van der Waals surface area contributed by atoms with Crippen LogP contribution in [0.5, 0.6) is 0 Å². The Labute approximate surface area is 129 Å². The number of benzene rings is 1. The van der Waals surface area contributed by atoms with Crippen LogP contribution in [0.15, 0.2) is 47.3 Å². The van der Waals surface area contributed by atoms with Gasteiger partial charge in [0.15, 0.2) is 0 Å². The predicted octanol–water partition coefficient (Wildman–Crippen LogP) is 1.79. The van der Waals surface area contributed by atoms with Crippen molar-refractivity contribution in [3.05, 3.63) is 58.4 Å². The van der Waals surface area contributed by atoms with Crippen LogP contribution in [0, 0.1) is 5.92 Å². The molecule has 0 aliphatic rings. The minimum atomic E-state index is -0.409. The van der Waals surface area contributed by atoms with Gasteiger partial charge in [0.05, 0.1) is 0 Å². The summed E-state index contributed by atoms with van der Waals surface area (Å²) >= 11 is 0. The Balaban J connectivity index is 2.10. The monoisotopic (exact) mass is 300 g/mol. The molecule has 1 aromatic carbocycles. The summed E-state index contributed by atoms with van der Waals surface area (Å²) in [6.45, 7) is 2.45. The topological polar surface area (TPSA) is 82.2 Å². The first-order valence-electron chi connectivity index (χ1n) is 7.29. The van der Waals surface area contributed by atoms with Gasteiger partial charge in [0.1, 0.15) is 5.56 Å². The van der Waals surface area contributed by atoms with Gasteiger partial charge in [-0.25, -0.2) is 0 Å². The van der Waals surface area contributed by atoms with Gasteiger partial charge < -0.3 is 15.4 Å². The van der Waals surface area contributed by atoms with Gasteiger partial charge in [-0.15, -0.1) is 0 Å². The minimum Gasteiger partial charge on any atom is -0.396 e. The van der Waals surface area contributed by atoms with E-state index in [2.05, 4.69) is 10.3 Å². The Kier molecular flexibility index (Phi) is 5.49. The average Bonchev–Trinajstić information content (AvgIpc) is 2.53. The molecule has 0 aliphatic carbocycles. The SMILES string of the molecule is CC(CCO)CNC(=O)c1ccc(-c2ccccc2)[nH]c1=O. The predicted molar refractivity (Wildman–Crippen MR) is 85.7 cm³/mol. The van der Waals surface area contributed by atoms with E-state index in [0.29, 0.717) is 18.7 Å². The molecule has 2 aromatic rings. The molecule has 1 heterocycles. The van der Waals surface area contributed by atoms with E-state index in [9.17, 15) is 9.59 Å². The van der Waals surface area contributed by atoms with Gasteiger partial charge in [-0.2, -0.15) is 0 Å². The van der Waals surface area contributed by atoms with Crippen LogP contribution >= 0.6 is 0 Å². The third-order valence-corrected chi connectivity index (χ3v) is 3.47. The number of rotatable bonds is 6. The van der Waals surface area contributed by atoms with Crippen molar-refractivity contribution in [2.24, 2.45) is 5.92 Å². The summed E-state index contributed by atoms with van der Waals surface area (Å²) < 4.78 is 0. The zero-order valence-electron chi connectivity index (χ0n) is 12.5. The van der Waals surface area contributed by atoms with Crippen molar-refractivity contribution in [2.45, 2.75) is 13.3 Å². The van der Waals surface area contributed by atoms with Crippen molar-refractivity contribution in [3.8, 4) is 11.3 Å². The Morgan fingerprint density at radius 1 is 1.23 bits per heavy atom. The molecular formula is C17H20N2O3. The van der Waals surface area contributed by atoms with Crippen molar-refractivity contribution in [1.29, 1.82) is 0 Å². The number of amides is 1. The number of hydrogen-bond acceptors (Lipinski definition) is 3. The Bertz CT molecular complexity index is 680. The highest BCUT2D eigenvalue weighted by molar-refractivity contribution is 5.94. The lowest BCUT2D eigenvalue weighted by Gasteiger charge is -2.11. The average molecular weight is 300 g/mol. The number of aliphatic hydroxyl groups excluding tert-OH is 1. The van der Waals surface area contributed by atoms with Gasteiger partial charge in [-0.05, 0) is 30.0 Å². The molecule has 1 atom stereocenters. The van der Waals surface area contributed by atoms with E-state index in [1.807, 2.05) is 37.3 Å². The Morgan fingerprint density at radius 3 is 2.59 bits per heavy atom. The van der Waals surface area contributed by atoms with E-state index >= 15 is 0 Å². The van der Waals surface area contributed by atoms with E-state index in [1.165, 1.54) is 6.07 Å². The molecule has 2 rings (SSSR count). The molecule has 0 aliphatic heterocycles. The lowest BCUT2D eigenvalue weighted by molar-refractivity contribution is 0.0944. The third-order valence-electron chi connectivity index (χ3n) is 3.47. The highest BCUT2D eigenvalue weighted by Gasteiger charge is 2.12. The van der Waals surface area contributed by atoms with E-state index in [-0.39, 0.29) is 18.1 Å². The van der Waals surface area contributed by atoms with Gasteiger partial charge in [0, 0.05) is 18.8 Å². The Hall–Kier alpha value is -2.40. The highest BCUT2D eigenvalue weighted by Crippen LogP contribution is 2.14. The molecule has 5 heteroatoms. The summed E-state index contributed by atoms with van der Waals surface area (Å²) in [6, 6.07) is 12.7. The van der Waals surface area contributed by atoms with Gasteiger partial charge in [0.2, 0.25) is 0 Å². The fraction of sp³-hybridized carbons (Fsp3) is 0.294. The molecule has 5 nitrogen and oxygen atoms in total. The number of hydrogen-bond donors (Lipinski definition) is 3. The molecule has 0 fully saturated rings. The molecule has 0 saturated carbocycles. The van der Waals surface area contributed by atoms with Crippen molar-refractivity contribution >= 4 is 5.91 Å². The summed E-state index contributed by atoms with van der Waals surface area (Å²) in [4.78, 5) is 26.8. The maximum absolute atomic E-state index is 12.1. The van der Waals surface area contributed by atoms with Crippen LogP contribution in [0.3, 0.4) is 0 Å².